The van der Waals surface area contributed by atoms with Crippen molar-refractivity contribution >= 4 is 0 Å². The van der Waals surface area contributed by atoms with Gasteiger partial charge in [-0.1, -0.05) is 24.3 Å². The van der Waals surface area contributed by atoms with Gasteiger partial charge in [-0.25, -0.2) is 0 Å². The predicted octanol–water partition coefficient (Wildman–Crippen LogP) is 2.37. The highest BCUT2D eigenvalue weighted by molar-refractivity contribution is 5.32. The van der Waals surface area contributed by atoms with Crippen molar-refractivity contribution in [2.75, 3.05) is 0 Å². The fourth-order valence-corrected chi connectivity index (χ4v) is 2.50. The maximum atomic E-state index is 9.67. The van der Waals surface area contributed by atoms with Crippen molar-refractivity contribution in [1.29, 1.82) is 0 Å². The van der Waals surface area contributed by atoms with Crippen LogP contribution in [0.4, 0.5) is 0 Å². The van der Waals surface area contributed by atoms with Crippen molar-refractivity contribution in [2.24, 2.45) is 0 Å². The third-order valence-corrected chi connectivity index (χ3v) is 3.29. The lowest BCUT2D eigenvalue weighted by molar-refractivity contribution is 0.180. The summed E-state index contributed by atoms with van der Waals surface area (Å²) in [6.45, 7) is 1.80. The summed E-state index contributed by atoms with van der Waals surface area (Å²) in [4.78, 5) is 0. The first-order chi connectivity index (χ1) is 7.18. The van der Waals surface area contributed by atoms with Crippen molar-refractivity contribution < 1.29 is 10.2 Å². The van der Waals surface area contributed by atoms with Crippen LogP contribution in [0.1, 0.15) is 49.3 Å². The Morgan fingerprint density at radius 2 is 2.00 bits per heavy atom. The highest BCUT2D eigenvalue weighted by Crippen LogP contribution is 2.37. The summed E-state index contributed by atoms with van der Waals surface area (Å²) in [5, 5.41) is 19.2. The zero-order chi connectivity index (χ0) is 10.8. The minimum atomic E-state index is -0.418. The average molecular weight is 206 g/mol. The molecule has 3 atom stereocenters. The SMILES string of the molecule is CC(O)c1ccccc1C1CCC(O)C1. The molecule has 3 unspecified atom stereocenters. The van der Waals surface area contributed by atoms with Crippen molar-refractivity contribution in [3.8, 4) is 0 Å². The van der Waals surface area contributed by atoms with Crippen molar-refractivity contribution in [3.63, 3.8) is 0 Å². The molecule has 0 radical (unpaired) electrons. The van der Waals surface area contributed by atoms with Crippen LogP contribution in [0.15, 0.2) is 24.3 Å². The fraction of sp³-hybridized carbons (Fsp3) is 0.538. The van der Waals surface area contributed by atoms with Crippen LogP contribution >= 0.6 is 0 Å². The van der Waals surface area contributed by atoms with E-state index in [1.165, 1.54) is 5.56 Å². The molecule has 2 nitrogen and oxygen atoms in total. The predicted molar refractivity (Wildman–Crippen MR) is 59.7 cm³/mol. The number of rotatable bonds is 2. The maximum absolute atomic E-state index is 9.67. The Morgan fingerprint density at radius 3 is 2.60 bits per heavy atom. The first kappa shape index (κ1) is 10.7. The van der Waals surface area contributed by atoms with Crippen molar-refractivity contribution in [3.05, 3.63) is 35.4 Å². The summed E-state index contributed by atoms with van der Waals surface area (Å²) in [7, 11) is 0. The summed E-state index contributed by atoms with van der Waals surface area (Å²) in [6, 6.07) is 8.01. The van der Waals surface area contributed by atoms with Crippen LogP contribution in [0.2, 0.25) is 0 Å². The van der Waals surface area contributed by atoms with Gasteiger partial charge in [0, 0.05) is 0 Å². The van der Waals surface area contributed by atoms with Crippen molar-refractivity contribution in [1.82, 2.24) is 0 Å². The molecule has 2 rings (SSSR count). The van der Waals surface area contributed by atoms with Crippen LogP contribution in [-0.4, -0.2) is 16.3 Å². The second-order valence-corrected chi connectivity index (χ2v) is 4.47. The number of hydrogen-bond acceptors (Lipinski definition) is 2. The first-order valence-corrected chi connectivity index (χ1v) is 5.63. The Labute approximate surface area is 90.6 Å². The molecule has 1 saturated carbocycles. The van der Waals surface area contributed by atoms with Gasteiger partial charge in [-0.15, -0.1) is 0 Å². The third-order valence-electron chi connectivity index (χ3n) is 3.29. The van der Waals surface area contributed by atoms with Gasteiger partial charge in [0.15, 0.2) is 0 Å². The molecule has 0 bridgehead atoms. The van der Waals surface area contributed by atoms with E-state index < -0.39 is 6.10 Å². The minimum absolute atomic E-state index is 0.156. The lowest BCUT2D eigenvalue weighted by Gasteiger charge is -2.17. The van der Waals surface area contributed by atoms with Gasteiger partial charge in [-0.05, 0) is 43.2 Å². The lowest BCUT2D eigenvalue weighted by Crippen LogP contribution is -2.04. The molecule has 0 aliphatic heterocycles. The van der Waals surface area contributed by atoms with Gasteiger partial charge in [0.25, 0.3) is 0 Å². The van der Waals surface area contributed by atoms with Crippen LogP contribution in [-0.2, 0) is 0 Å². The molecule has 82 valence electrons. The van der Waals surface area contributed by atoms with Crippen LogP contribution in [0.25, 0.3) is 0 Å². The second-order valence-electron chi connectivity index (χ2n) is 4.47. The standard InChI is InChI=1S/C13H18O2/c1-9(14)12-4-2-3-5-13(12)10-6-7-11(15)8-10/h2-5,9-11,14-15H,6-8H2,1H3. The summed E-state index contributed by atoms with van der Waals surface area (Å²) < 4.78 is 0. The highest BCUT2D eigenvalue weighted by atomic mass is 16.3. The fourth-order valence-electron chi connectivity index (χ4n) is 2.50. The molecule has 15 heavy (non-hydrogen) atoms. The molecule has 0 aromatic heterocycles. The van der Waals surface area contributed by atoms with Gasteiger partial charge >= 0.3 is 0 Å². The molecule has 0 spiro atoms. The largest absolute Gasteiger partial charge is 0.393 e. The van der Waals surface area contributed by atoms with Crippen LogP contribution < -0.4 is 0 Å². The lowest BCUT2D eigenvalue weighted by atomic mass is 9.91. The van der Waals surface area contributed by atoms with Gasteiger partial charge in [0.1, 0.15) is 0 Å². The number of hydrogen-bond donors (Lipinski definition) is 2. The molecule has 2 heteroatoms. The summed E-state index contributed by atoms with van der Waals surface area (Å²) in [5.41, 5.74) is 2.22. The molecule has 1 aliphatic rings. The number of benzene rings is 1. The molecular formula is C13H18O2. The molecule has 0 amide bonds. The normalized spacial score (nSPS) is 27.9. The van der Waals surface area contributed by atoms with Gasteiger partial charge in [-0.2, -0.15) is 0 Å². The molecule has 1 aliphatic carbocycles. The van der Waals surface area contributed by atoms with E-state index in [-0.39, 0.29) is 6.10 Å². The van der Waals surface area contributed by atoms with Gasteiger partial charge in [0.05, 0.1) is 12.2 Å². The van der Waals surface area contributed by atoms with E-state index in [2.05, 4.69) is 6.07 Å². The highest BCUT2D eigenvalue weighted by Gasteiger charge is 2.26. The van der Waals surface area contributed by atoms with E-state index in [1.54, 1.807) is 6.92 Å². The average Bonchev–Trinajstić information content (AvgIpc) is 2.65. The zero-order valence-electron chi connectivity index (χ0n) is 9.06. The van der Waals surface area contributed by atoms with E-state index >= 15 is 0 Å². The van der Waals surface area contributed by atoms with Crippen molar-refractivity contribution in [2.45, 2.75) is 44.3 Å². The Morgan fingerprint density at radius 1 is 1.27 bits per heavy atom. The molecule has 2 N–H and O–H groups in total. The van der Waals surface area contributed by atoms with E-state index in [1.807, 2.05) is 18.2 Å². The molecule has 0 saturated heterocycles. The van der Waals surface area contributed by atoms with Crippen LogP contribution in [0.5, 0.6) is 0 Å². The van der Waals surface area contributed by atoms with E-state index in [0.717, 1.165) is 24.8 Å². The second kappa shape index (κ2) is 4.33. The first-order valence-electron chi connectivity index (χ1n) is 5.63. The number of aliphatic hydroxyl groups excluding tert-OH is 2. The minimum Gasteiger partial charge on any atom is -0.393 e. The Bertz CT molecular complexity index is 333. The monoisotopic (exact) mass is 206 g/mol. The molecule has 0 heterocycles. The Kier molecular flexibility index (Phi) is 3.08. The summed E-state index contributed by atoms with van der Waals surface area (Å²) >= 11 is 0. The van der Waals surface area contributed by atoms with Gasteiger partial charge in [0.2, 0.25) is 0 Å². The third kappa shape index (κ3) is 2.21. The Hall–Kier alpha value is -0.860. The smallest absolute Gasteiger partial charge is 0.0764 e. The number of aliphatic hydroxyl groups is 2. The summed E-state index contributed by atoms with van der Waals surface area (Å²) in [5.74, 6) is 0.422. The molecule has 1 aromatic rings. The summed E-state index contributed by atoms with van der Waals surface area (Å²) in [6.07, 6.45) is 2.18. The maximum Gasteiger partial charge on any atom is 0.0764 e. The topological polar surface area (TPSA) is 40.5 Å². The van der Waals surface area contributed by atoms with E-state index in [9.17, 15) is 10.2 Å². The Balaban J connectivity index is 2.27. The van der Waals surface area contributed by atoms with E-state index in [4.69, 9.17) is 0 Å². The molecular weight excluding hydrogens is 188 g/mol. The molecule has 1 aromatic carbocycles. The quantitative estimate of drug-likeness (QED) is 0.780. The van der Waals surface area contributed by atoms with Crippen LogP contribution in [0.3, 0.4) is 0 Å². The van der Waals surface area contributed by atoms with Crippen LogP contribution in [0, 0.1) is 0 Å². The zero-order valence-corrected chi connectivity index (χ0v) is 9.06. The van der Waals surface area contributed by atoms with Gasteiger partial charge in [-0.3, -0.25) is 0 Å². The van der Waals surface area contributed by atoms with Gasteiger partial charge < -0.3 is 10.2 Å². The molecule has 1 fully saturated rings. The van der Waals surface area contributed by atoms with E-state index in [0.29, 0.717) is 5.92 Å².